The van der Waals surface area contributed by atoms with Crippen LogP contribution in [0, 0.1) is 6.92 Å². The van der Waals surface area contributed by atoms with Gasteiger partial charge in [-0.05, 0) is 38.7 Å². The normalized spacial score (nSPS) is 12.9. The van der Waals surface area contributed by atoms with Gasteiger partial charge < -0.3 is 10.2 Å². The van der Waals surface area contributed by atoms with E-state index in [-0.39, 0.29) is 0 Å². The smallest absolute Gasteiger partial charge is 0.0414 e. The van der Waals surface area contributed by atoms with Gasteiger partial charge in [-0.1, -0.05) is 31.2 Å². The fourth-order valence-electron chi connectivity index (χ4n) is 1.93. The first kappa shape index (κ1) is 15.5. The van der Waals surface area contributed by atoms with Crippen LogP contribution in [0.4, 0.5) is 0 Å². The van der Waals surface area contributed by atoms with Crippen LogP contribution in [0.15, 0.2) is 24.3 Å². The molecule has 1 aromatic carbocycles. The molecule has 2 nitrogen and oxygen atoms in total. The largest absolute Gasteiger partial charge is 0.310 e. The maximum Gasteiger partial charge on any atom is 0.0414 e. The van der Waals surface area contributed by atoms with Crippen LogP contribution in [0.3, 0.4) is 0 Å². The Labute approximate surface area is 116 Å². The Morgan fingerprint density at radius 1 is 1.28 bits per heavy atom. The molecule has 0 amide bonds. The molecule has 1 rings (SSSR count). The Morgan fingerprint density at radius 2 is 2.00 bits per heavy atom. The summed E-state index contributed by atoms with van der Waals surface area (Å²) in [7, 11) is 4.26. The maximum atomic E-state index is 3.59. The van der Waals surface area contributed by atoms with Crippen LogP contribution >= 0.6 is 11.8 Å². The number of nitrogens with zero attached hydrogens (tertiary/aromatic N) is 1. The van der Waals surface area contributed by atoms with Crippen LogP contribution in [0.2, 0.25) is 0 Å². The minimum Gasteiger partial charge on any atom is -0.310 e. The van der Waals surface area contributed by atoms with E-state index in [1.54, 1.807) is 0 Å². The number of rotatable bonds is 8. The highest BCUT2D eigenvalue weighted by molar-refractivity contribution is 7.99. The van der Waals surface area contributed by atoms with Crippen LogP contribution < -0.4 is 5.32 Å². The van der Waals surface area contributed by atoms with Gasteiger partial charge in [-0.3, -0.25) is 0 Å². The molecule has 0 aromatic heterocycles. The van der Waals surface area contributed by atoms with E-state index in [1.807, 2.05) is 11.8 Å². The third-order valence-corrected chi connectivity index (χ3v) is 4.02. The van der Waals surface area contributed by atoms with Crippen LogP contribution in [0.5, 0.6) is 0 Å². The molecule has 0 aliphatic carbocycles. The summed E-state index contributed by atoms with van der Waals surface area (Å²) in [5.41, 5.74) is 2.83. The predicted molar refractivity (Wildman–Crippen MR) is 83.5 cm³/mol. The van der Waals surface area contributed by atoms with Crippen LogP contribution in [-0.4, -0.2) is 43.6 Å². The van der Waals surface area contributed by atoms with Crippen LogP contribution in [0.1, 0.15) is 24.1 Å². The second kappa shape index (κ2) is 8.57. The number of nitrogens with one attached hydrogen (secondary N) is 1. The monoisotopic (exact) mass is 266 g/mol. The number of aryl methyl sites for hydroxylation is 1. The molecule has 0 spiro atoms. The second-order valence-electron chi connectivity index (χ2n) is 4.85. The summed E-state index contributed by atoms with van der Waals surface area (Å²) < 4.78 is 0. The van der Waals surface area contributed by atoms with Crippen molar-refractivity contribution in [2.24, 2.45) is 0 Å². The fourth-order valence-corrected chi connectivity index (χ4v) is 3.13. The molecule has 0 saturated heterocycles. The third-order valence-electron chi connectivity index (χ3n) is 2.98. The summed E-state index contributed by atoms with van der Waals surface area (Å²) in [4.78, 5) is 2.24. The molecule has 102 valence electrons. The van der Waals surface area contributed by atoms with E-state index < -0.39 is 0 Å². The lowest BCUT2D eigenvalue weighted by Gasteiger charge is -2.20. The number of benzene rings is 1. The average molecular weight is 266 g/mol. The minimum absolute atomic E-state index is 0.475. The Morgan fingerprint density at radius 3 is 2.61 bits per heavy atom. The molecule has 0 heterocycles. The highest BCUT2D eigenvalue weighted by Gasteiger charge is 2.11. The zero-order chi connectivity index (χ0) is 13.4. The zero-order valence-corrected chi connectivity index (χ0v) is 12.9. The molecule has 0 fully saturated rings. The molecular formula is C15H26N2S. The van der Waals surface area contributed by atoms with E-state index >= 15 is 0 Å². The quantitative estimate of drug-likeness (QED) is 0.728. The minimum atomic E-state index is 0.475. The second-order valence-corrected chi connectivity index (χ2v) is 5.99. The standard InChI is InChI=1S/C15H26N2S/c1-5-16-15(12-18-11-10-17(3)4)14-9-7-6-8-13(14)2/h6-9,15-16H,5,10-12H2,1-4H3. The lowest BCUT2D eigenvalue weighted by Crippen LogP contribution is -2.24. The Hall–Kier alpha value is -0.510. The molecule has 0 radical (unpaired) electrons. The average Bonchev–Trinajstić information content (AvgIpc) is 2.34. The van der Waals surface area contributed by atoms with E-state index in [1.165, 1.54) is 16.9 Å². The van der Waals surface area contributed by atoms with Gasteiger partial charge in [0.1, 0.15) is 0 Å². The van der Waals surface area contributed by atoms with Crippen molar-refractivity contribution in [3.8, 4) is 0 Å². The molecule has 0 aliphatic rings. The Balaban J connectivity index is 2.52. The van der Waals surface area contributed by atoms with E-state index in [4.69, 9.17) is 0 Å². The summed E-state index contributed by atoms with van der Waals surface area (Å²) in [5, 5.41) is 3.59. The van der Waals surface area contributed by atoms with Gasteiger partial charge in [0.2, 0.25) is 0 Å². The molecule has 1 N–H and O–H groups in total. The maximum absolute atomic E-state index is 3.59. The van der Waals surface area contributed by atoms with Crippen molar-refractivity contribution in [3.63, 3.8) is 0 Å². The summed E-state index contributed by atoms with van der Waals surface area (Å²) in [6, 6.07) is 9.17. The number of thioether (sulfide) groups is 1. The van der Waals surface area contributed by atoms with E-state index in [2.05, 4.69) is 62.4 Å². The zero-order valence-electron chi connectivity index (χ0n) is 12.1. The SMILES string of the molecule is CCNC(CSCCN(C)C)c1ccccc1C. The first-order valence-electron chi connectivity index (χ1n) is 6.66. The third kappa shape index (κ3) is 5.42. The van der Waals surface area contributed by atoms with E-state index in [0.29, 0.717) is 6.04 Å². The highest BCUT2D eigenvalue weighted by atomic mass is 32.2. The van der Waals surface area contributed by atoms with Gasteiger partial charge in [0, 0.05) is 24.1 Å². The molecule has 1 aromatic rings. The molecule has 18 heavy (non-hydrogen) atoms. The van der Waals surface area contributed by atoms with E-state index in [0.717, 1.165) is 18.8 Å². The fraction of sp³-hybridized carbons (Fsp3) is 0.600. The van der Waals surface area contributed by atoms with Gasteiger partial charge in [-0.2, -0.15) is 11.8 Å². The molecule has 1 atom stereocenters. The molecular weight excluding hydrogens is 240 g/mol. The topological polar surface area (TPSA) is 15.3 Å². The van der Waals surface area contributed by atoms with Gasteiger partial charge in [0.15, 0.2) is 0 Å². The lowest BCUT2D eigenvalue weighted by molar-refractivity contribution is 0.437. The molecule has 3 heteroatoms. The summed E-state index contributed by atoms with van der Waals surface area (Å²) in [5.74, 6) is 2.34. The molecule has 0 saturated carbocycles. The van der Waals surface area contributed by atoms with E-state index in [9.17, 15) is 0 Å². The first-order chi connectivity index (χ1) is 8.65. The lowest BCUT2D eigenvalue weighted by atomic mass is 10.0. The summed E-state index contributed by atoms with van der Waals surface area (Å²) in [6.45, 7) is 6.55. The molecule has 0 bridgehead atoms. The van der Waals surface area contributed by atoms with Crippen LogP contribution in [-0.2, 0) is 0 Å². The van der Waals surface area contributed by atoms with Gasteiger partial charge in [0.25, 0.3) is 0 Å². The van der Waals surface area contributed by atoms with Crippen molar-refractivity contribution in [3.05, 3.63) is 35.4 Å². The van der Waals surface area contributed by atoms with Crippen molar-refractivity contribution in [1.29, 1.82) is 0 Å². The van der Waals surface area contributed by atoms with Crippen molar-refractivity contribution >= 4 is 11.8 Å². The van der Waals surface area contributed by atoms with Crippen molar-refractivity contribution in [2.45, 2.75) is 19.9 Å². The Kier molecular flexibility index (Phi) is 7.40. The van der Waals surface area contributed by atoms with Gasteiger partial charge >= 0.3 is 0 Å². The van der Waals surface area contributed by atoms with Crippen molar-refractivity contribution in [1.82, 2.24) is 10.2 Å². The van der Waals surface area contributed by atoms with Gasteiger partial charge in [-0.15, -0.1) is 0 Å². The van der Waals surface area contributed by atoms with Gasteiger partial charge in [0.05, 0.1) is 0 Å². The predicted octanol–water partition coefficient (Wildman–Crippen LogP) is 2.94. The van der Waals surface area contributed by atoms with Crippen molar-refractivity contribution < 1.29 is 0 Å². The molecule has 1 unspecified atom stereocenters. The molecule has 0 aliphatic heterocycles. The van der Waals surface area contributed by atoms with Gasteiger partial charge in [-0.25, -0.2) is 0 Å². The van der Waals surface area contributed by atoms with Crippen LogP contribution in [0.25, 0.3) is 0 Å². The summed E-state index contributed by atoms with van der Waals surface area (Å²) >= 11 is 2.03. The first-order valence-corrected chi connectivity index (χ1v) is 7.82. The number of hydrogen-bond acceptors (Lipinski definition) is 3. The Bertz CT molecular complexity index is 339. The highest BCUT2D eigenvalue weighted by Crippen LogP contribution is 2.21. The van der Waals surface area contributed by atoms with Crippen molar-refractivity contribution in [2.75, 3.05) is 38.7 Å². The summed E-state index contributed by atoms with van der Waals surface area (Å²) in [6.07, 6.45) is 0. The number of hydrogen-bond donors (Lipinski definition) is 1.